The Morgan fingerprint density at radius 1 is 1.31 bits per heavy atom. The number of amides is 1. The van der Waals surface area contributed by atoms with Crippen LogP contribution in [0.3, 0.4) is 0 Å². The molecule has 1 unspecified atom stereocenters. The highest BCUT2D eigenvalue weighted by Gasteiger charge is 2.37. The van der Waals surface area contributed by atoms with Crippen molar-refractivity contribution in [1.82, 2.24) is 4.98 Å². The number of anilines is 2. The number of thiophene rings is 1. The molecule has 7 nitrogen and oxygen atoms in total. The third-order valence-corrected chi connectivity index (χ3v) is 5.62. The molecule has 1 amide bonds. The molecule has 0 aromatic carbocycles. The molecule has 0 radical (unpaired) electrons. The van der Waals surface area contributed by atoms with Gasteiger partial charge in [0.05, 0.1) is 25.4 Å². The van der Waals surface area contributed by atoms with E-state index in [2.05, 4.69) is 9.88 Å². The molecule has 136 valence electrons. The number of morpholine rings is 1. The van der Waals surface area contributed by atoms with Gasteiger partial charge in [-0.1, -0.05) is 6.07 Å². The maximum atomic E-state index is 12.8. The van der Waals surface area contributed by atoms with Crippen molar-refractivity contribution in [3.05, 3.63) is 40.2 Å². The summed E-state index contributed by atoms with van der Waals surface area (Å²) < 4.78 is 5.37. The third kappa shape index (κ3) is 3.17. The predicted molar refractivity (Wildman–Crippen MR) is 99.7 cm³/mol. The van der Waals surface area contributed by atoms with Crippen LogP contribution in [0.15, 0.2) is 29.6 Å². The highest BCUT2D eigenvalue weighted by molar-refractivity contribution is 7.09. The van der Waals surface area contributed by atoms with E-state index in [0.717, 1.165) is 29.5 Å². The van der Waals surface area contributed by atoms with E-state index < -0.39 is 11.8 Å². The summed E-state index contributed by atoms with van der Waals surface area (Å²) in [5.41, 5.74) is 6.59. The van der Waals surface area contributed by atoms with Crippen LogP contribution in [0.4, 0.5) is 11.5 Å². The molecule has 8 heteroatoms. The van der Waals surface area contributed by atoms with E-state index in [1.807, 2.05) is 34.5 Å². The molecule has 0 bridgehead atoms. The fourth-order valence-corrected chi connectivity index (χ4v) is 4.09. The first kappa shape index (κ1) is 17.0. The summed E-state index contributed by atoms with van der Waals surface area (Å²) in [7, 11) is 0. The van der Waals surface area contributed by atoms with Crippen molar-refractivity contribution in [3.63, 3.8) is 0 Å². The Kier molecular flexibility index (Phi) is 4.60. The zero-order valence-electron chi connectivity index (χ0n) is 14.3. The lowest BCUT2D eigenvalue weighted by Crippen LogP contribution is -2.45. The van der Waals surface area contributed by atoms with Crippen LogP contribution in [-0.4, -0.2) is 49.5 Å². The molecule has 2 N–H and O–H groups in total. The second-order valence-corrected chi connectivity index (χ2v) is 7.45. The highest BCUT2D eigenvalue weighted by atomic mass is 32.1. The topological polar surface area (TPSA) is 88.8 Å². The zero-order chi connectivity index (χ0) is 18.1. The van der Waals surface area contributed by atoms with E-state index in [0.29, 0.717) is 25.5 Å². The van der Waals surface area contributed by atoms with Crippen LogP contribution in [-0.2, 0) is 16.1 Å². The smallest absolute Gasteiger partial charge is 0.230 e. The number of hydrogen-bond acceptors (Lipinski definition) is 7. The molecular weight excluding hydrogens is 352 g/mol. The highest BCUT2D eigenvalue weighted by Crippen LogP contribution is 2.32. The molecule has 0 spiro atoms. The Morgan fingerprint density at radius 3 is 2.81 bits per heavy atom. The van der Waals surface area contributed by atoms with E-state index >= 15 is 0 Å². The van der Waals surface area contributed by atoms with Crippen molar-refractivity contribution < 1.29 is 14.3 Å². The average Bonchev–Trinajstić information content (AvgIpc) is 3.17. The first-order valence-electron chi connectivity index (χ1n) is 8.58. The van der Waals surface area contributed by atoms with Crippen LogP contribution < -0.4 is 15.5 Å². The number of fused-ring (bicyclic) bond motifs is 1. The third-order valence-electron chi connectivity index (χ3n) is 4.76. The van der Waals surface area contributed by atoms with Crippen molar-refractivity contribution in [2.45, 2.75) is 6.54 Å². The summed E-state index contributed by atoms with van der Waals surface area (Å²) in [5.74, 6) is -1.02. The van der Waals surface area contributed by atoms with Crippen molar-refractivity contribution in [1.29, 1.82) is 0 Å². The molecule has 2 aliphatic heterocycles. The molecule has 2 aromatic rings. The van der Waals surface area contributed by atoms with Crippen molar-refractivity contribution in [2.24, 2.45) is 11.7 Å². The van der Waals surface area contributed by atoms with Gasteiger partial charge in [0.25, 0.3) is 0 Å². The van der Waals surface area contributed by atoms with E-state index in [1.54, 1.807) is 11.3 Å². The number of primary amides is 1. The monoisotopic (exact) mass is 372 g/mol. The number of nitrogens with two attached hydrogens (primary N) is 1. The molecule has 1 fully saturated rings. The van der Waals surface area contributed by atoms with Gasteiger partial charge in [-0.3, -0.25) is 9.59 Å². The van der Waals surface area contributed by atoms with Crippen LogP contribution >= 0.6 is 11.3 Å². The normalized spacial score (nSPS) is 20.2. The van der Waals surface area contributed by atoms with Crippen molar-refractivity contribution in [3.8, 4) is 0 Å². The number of pyridine rings is 1. The van der Waals surface area contributed by atoms with Crippen LogP contribution in [0.25, 0.3) is 0 Å². The molecule has 4 rings (SSSR count). The van der Waals surface area contributed by atoms with Crippen LogP contribution in [0.1, 0.15) is 15.4 Å². The molecule has 26 heavy (non-hydrogen) atoms. The second kappa shape index (κ2) is 7.05. The van der Waals surface area contributed by atoms with Crippen LogP contribution in [0.5, 0.6) is 0 Å². The largest absolute Gasteiger partial charge is 0.378 e. The van der Waals surface area contributed by atoms with E-state index in [1.165, 1.54) is 0 Å². The molecule has 4 heterocycles. The number of aromatic nitrogens is 1. The maximum Gasteiger partial charge on any atom is 0.230 e. The van der Waals surface area contributed by atoms with Gasteiger partial charge in [-0.2, -0.15) is 0 Å². The Hall–Kier alpha value is -2.45. The zero-order valence-corrected chi connectivity index (χ0v) is 15.1. The number of carbonyl (C=O) groups is 2. The minimum absolute atomic E-state index is 0.287. The van der Waals surface area contributed by atoms with Gasteiger partial charge in [0.15, 0.2) is 5.78 Å². The fraction of sp³-hybridized carbons (Fsp3) is 0.389. The second-order valence-electron chi connectivity index (χ2n) is 6.42. The minimum Gasteiger partial charge on any atom is -0.378 e. The number of rotatable bonds is 4. The van der Waals surface area contributed by atoms with Gasteiger partial charge in [0.1, 0.15) is 17.4 Å². The summed E-state index contributed by atoms with van der Waals surface area (Å²) in [6.45, 7) is 3.66. The molecule has 1 saturated heterocycles. The van der Waals surface area contributed by atoms with E-state index in [9.17, 15) is 9.59 Å². The quantitative estimate of drug-likeness (QED) is 0.814. The maximum absolute atomic E-state index is 12.8. The minimum atomic E-state index is -0.866. The summed E-state index contributed by atoms with van der Waals surface area (Å²) in [6, 6.07) is 7.89. The molecule has 1 atom stereocenters. The van der Waals surface area contributed by atoms with Gasteiger partial charge in [-0.15, -0.1) is 11.3 Å². The lowest BCUT2D eigenvalue weighted by atomic mass is 9.93. The van der Waals surface area contributed by atoms with Gasteiger partial charge in [0, 0.05) is 24.5 Å². The Morgan fingerprint density at radius 2 is 2.12 bits per heavy atom. The fourth-order valence-electron chi connectivity index (χ4n) is 3.37. The summed E-state index contributed by atoms with van der Waals surface area (Å²) in [4.78, 5) is 34.5. The number of nitrogens with zero attached hydrogens (tertiary/aromatic N) is 3. The van der Waals surface area contributed by atoms with Gasteiger partial charge >= 0.3 is 0 Å². The Bertz CT molecular complexity index is 818. The van der Waals surface area contributed by atoms with Gasteiger partial charge in [-0.25, -0.2) is 4.98 Å². The first-order chi connectivity index (χ1) is 12.6. The lowest BCUT2D eigenvalue weighted by Gasteiger charge is -2.34. The number of ether oxygens (including phenoxy) is 1. The van der Waals surface area contributed by atoms with Gasteiger partial charge < -0.3 is 20.3 Å². The van der Waals surface area contributed by atoms with Gasteiger partial charge in [0.2, 0.25) is 5.91 Å². The molecule has 0 saturated carbocycles. The Balaban J connectivity index is 1.70. The van der Waals surface area contributed by atoms with E-state index in [4.69, 9.17) is 10.5 Å². The molecule has 2 aliphatic rings. The predicted octanol–water partition coefficient (Wildman–Crippen LogP) is 1.28. The standard InChI is InChI=1S/C18H20N4O3S/c19-18(24)13-11-22(10-12-2-1-9-26-12)14-3-4-15(20-16(14)17(13)23)21-5-7-25-8-6-21/h1-4,9,13H,5-8,10-11H2,(H2,19,24). The lowest BCUT2D eigenvalue weighted by molar-refractivity contribution is -0.120. The van der Waals surface area contributed by atoms with Crippen molar-refractivity contribution in [2.75, 3.05) is 42.6 Å². The van der Waals surface area contributed by atoms with E-state index in [-0.39, 0.29) is 12.3 Å². The van der Waals surface area contributed by atoms with Gasteiger partial charge in [-0.05, 0) is 23.6 Å². The Labute approximate surface area is 155 Å². The number of ketones is 1. The molecule has 2 aromatic heterocycles. The summed E-state index contributed by atoms with van der Waals surface area (Å²) in [5, 5.41) is 2.01. The number of hydrogen-bond donors (Lipinski definition) is 1. The van der Waals surface area contributed by atoms with Crippen LogP contribution in [0.2, 0.25) is 0 Å². The molecule has 0 aliphatic carbocycles. The number of carbonyl (C=O) groups excluding carboxylic acids is 2. The average molecular weight is 372 g/mol. The van der Waals surface area contributed by atoms with Crippen molar-refractivity contribution >= 4 is 34.5 Å². The summed E-state index contributed by atoms with van der Waals surface area (Å²) >= 11 is 1.64. The SMILES string of the molecule is NC(=O)C1CN(Cc2cccs2)c2ccc(N3CCOCC3)nc2C1=O. The van der Waals surface area contributed by atoms with Crippen LogP contribution in [0, 0.1) is 5.92 Å². The first-order valence-corrected chi connectivity index (χ1v) is 9.46. The number of Topliss-reactive ketones (excluding diaryl/α,β-unsaturated/α-hetero) is 1. The molecular formula is C18H20N4O3S. The summed E-state index contributed by atoms with van der Waals surface area (Å²) in [6.07, 6.45) is 0.